The quantitative estimate of drug-likeness (QED) is 0.839. The van der Waals surface area contributed by atoms with E-state index in [1.54, 1.807) is 0 Å². The van der Waals surface area contributed by atoms with E-state index in [0.717, 1.165) is 22.3 Å². The molecule has 0 radical (unpaired) electrons. The molecule has 2 N–H and O–H groups in total. The Labute approximate surface area is 140 Å². The number of nitrogens with zero attached hydrogens (tertiary/aromatic N) is 1. The molecule has 0 bridgehead atoms. The smallest absolute Gasteiger partial charge is 0.0612 e. The fraction of sp³-hybridized carbons (Fsp3) is 0.263. The van der Waals surface area contributed by atoms with Gasteiger partial charge in [0.25, 0.3) is 0 Å². The van der Waals surface area contributed by atoms with Crippen LogP contribution in [0, 0.1) is 13.8 Å². The summed E-state index contributed by atoms with van der Waals surface area (Å²) in [4.78, 5) is 2.42. The summed E-state index contributed by atoms with van der Waals surface area (Å²) < 4.78 is 1.10. The highest BCUT2D eigenvalue weighted by atomic mass is 79.9. The first-order chi connectivity index (χ1) is 10.5. The molecule has 1 unspecified atom stereocenters. The summed E-state index contributed by atoms with van der Waals surface area (Å²) in [6, 6.07) is 13.0. The fourth-order valence-electron chi connectivity index (χ4n) is 3.18. The van der Waals surface area contributed by atoms with E-state index in [4.69, 9.17) is 5.73 Å². The number of hydrogen-bond acceptors (Lipinski definition) is 2. The molecular weight excluding hydrogens is 336 g/mol. The lowest BCUT2D eigenvalue weighted by molar-refractivity contribution is 0.718. The summed E-state index contributed by atoms with van der Waals surface area (Å²) >= 11 is 3.70. The normalized spacial score (nSPS) is 17.2. The standard InChI is InChI=1S/C19H21BrN2/c1-12-6-4-7-13(2)16(12)11-22-14(3)10-18(21)15-8-5-9-17(20)19(15)22/h4-10,14H,11,21H2,1-3H3. The van der Waals surface area contributed by atoms with Gasteiger partial charge in [-0.05, 0) is 65.5 Å². The highest BCUT2D eigenvalue weighted by molar-refractivity contribution is 9.10. The molecule has 1 heterocycles. The number of benzene rings is 2. The van der Waals surface area contributed by atoms with Gasteiger partial charge >= 0.3 is 0 Å². The van der Waals surface area contributed by atoms with Crippen molar-refractivity contribution in [1.82, 2.24) is 0 Å². The number of fused-ring (bicyclic) bond motifs is 1. The van der Waals surface area contributed by atoms with Crippen LogP contribution in [0.2, 0.25) is 0 Å². The van der Waals surface area contributed by atoms with Crippen molar-refractivity contribution < 1.29 is 0 Å². The van der Waals surface area contributed by atoms with Crippen LogP contribution in [0.3, 0.4) is 0 Å². The number of halogens is 1. The van der Waals surface area contributed by atoms with Crippen LogP contribution in [0.25, 0.3) is 5.70 Å². The number of anilines is 1. The zero-order valence-electron chi connectivity index (χ0n) is 13.2. The number of hydrogen-bond donors (Lipinski definition) is 1. The first-order valence-corrected chi connectivity index (χ1v) is 8.36. The van der Waals surface area contributed by atoms with Gasteiger partial charge in [0.15, 0.2) is 0 Å². The van der Waals surface area contributed by atoms with Gasteiger partial charge in [0.1, 0.15) is 0 Å². The molecule has 22 heavy (non-hydrogen) atoms. The van der Waals surface area contributed by atoms with Crippen molar-refractivity contribution in [3.63, 3.8) is 0 Å². The molecule has 3 rings (SSSR count). The van der Waals surface area contributed by atoms with Crippen molar-refractivity contribution in [2.45, 2.75) is 33.4 Å². The molecule has 2 aromatic carbocycles. The van der Waals surface area contributed by atoms with Gasteiger partial charge in [-0.15, -0.1) is 0 Å². The van der Waals surface area contributed by atoms with Gasteiger partial charge in [0.2, 0.25) is 0 Å². The molecule has 0 spiro atoms. The van der Waals surface area contributed by atoms with Gasteiger partial charge in [-0.2, -0.15) is 0 Å². The van der Waals surface area contributed by atoms with Crippen LogP contribution in [-0.2, 0) is 6.54 Å². The Morgan fingerprint density at radius 1 is 1.09 bits per heavy atom. The predicted octanol–water partition coefficient (Wildman–Crippen LogP) is 4.77. The van der Waals surface area contributed by atoms with Crippen molar-refractivity contribution in [3.8, 4) is 0 Å². The van der Waals surface area contributed by atoms with E-state index >= 15 is 0 Å². The lowest BCUT2D eigenvalue weighted by Crippen LogP contribution is -2.36. The molecule has 1 aliphatic heterocycles. The lowest BCUT2D eigenvalue weighted by Gasteiger charge is -2.36. The van der Waals surface area contributed by atoms with E-state index in [0.29, 0.717) is 0 Å². The Morgan fingerprint density at radius 2 is 1.73 bits per heavy atom. The largest absolute Gasteiger partial charge is 0.398 e. The molecular formula is C19H21BrN2. The molecule has 114 valence electrons. The van der Waals surface area contributed by atoms with Crippen molar-refractivity contribution in [2.75, 3.05) is 4.90 Å². The summed E-state index contributed by atoms with van der Waals surface area (Å²) in [5.41, 5.74) is 13.5. The number of para-hydroxylation sites is 1. The molecule has 0 saturated carbocycles. The maximum absolute atomic E-state index is 6.23. The maximum Gasteiger partial charge on any atom is 0.0612 e. The summed E-state index contributed by atoms with van der Waals surface area (Å²) in [5.74, 6) is 0. The van der Waals surface area contributed by atoms with Crippen LogP contribution in [-0.4, -0.2) is 6.04 Å². The predicted molar refractivity (Wildman–Crippen MR) is 97.9 cm³/mol. The third-order valence-electron chi connectivity index (χ3n) is 4.47. The molecule has 0 amide bonds. The van der Waals surface area contributed by atoms with Crippen molar-refractivity contribution in [3.05, 3.63) is 69.2 Å². The van der Waals surface area contributed by atoms with Gasteiger partial charge in [-0.25, -0.2) is 0 Å². The second kappa shape index (κ2) is 5.81. The van der Waals surface area contributed by atoms with Crippen molar-refractivity contribution in [2.24, 2.45) is 5.73 Å². The second-order valence-electron chi connectivity index (χ2n) is 6.00. The average Bonchev–Trinajstić information content (AvgIpc) is 2.46. The van der Waals surface area contributed by atoms with Gasteiger partial charge < -0.3 is 10.6 Å². The molecule has 1 atom stereocenters. The highest BCUT2D eigenvalue weighted by Crippen LogP contribution is 2.39. The second-order valence-corrected chi connectivity index (χ2v) is 6.85. The van der Waals surface area contributed by atoms with E-state index < -0.39 is 0 Å². The monoisotopic (exact) mass is 356 g/mol. The van der Waals surface area contributed by atoms with Gasteiger partial charge in [0, 0.05) is 28.3 Å². The van der Waals surface area contributed by atoms with Gasteiger partial charge in [0.05, 0.1) is 5.69 Å². The van der Waals surface area contributed by atoms with E-state index in [2.05, 4.69) is 78.0 Å². The molecule has 1 aliphatic rings. The minimum Gasteiger partial charge on any atom is -0.398 e. The summed E-state index contributed by atoms with van der Waals surface area (Å²) in [7, 11) is 0. The summed E-state index contributed by atoms with van der Waals surface area (Å²) in [5, 5.41) is 0. The number of nitrogens with two attached hydrogens (primary N) is 1. The molecule has 2 aromatic rings. The van der Waals surface area contributed by atoms with Crippen LogP contribution >= 0.6 is 15.9 Å². The highest BCUT2D eigenvalue weighted by Gasteiger charge is 2.25. The Bertz CT molecular complexity index is 729. The lowest BCUT2D eigenvalue weighted by atomic mass is 9.97. The minimum atomic E-state index is 0.269. The van der Waals surface area contributed by atoms with Crippen molar-refractivity contribution >= 4 is 27.3 Å². The van der Waals surface area contributed by atoms with Crippen LogP contribution < -0.4 is 10.6 Å². The molecule has 0 aromatic heterocycles. The molecule has 0 saturated heterocycles. The molecule has 2 nitrogen and oxygen atoms in total. The van der Waals surface area contributed by atoms with Crippen LogP contribution in [0.4, 0.5) is 5.69 Å². The Morgan fingerprint density at radius 3 is 2.41 bits per heavy atom. The van der Waals surface area contributed by atoms with Crippen LogP contribution in [0.1, 0.15) is 29.2 Å². The summed E-state index contributed by atoms with van der Waals surface area (Å²) in [6.07, 6.45) is 2.14. The third kappa shape index (κ3) is 2.54. The van der Waals surface area contributed by atoms with E-state index in [9.17, 15) is 0 Å². The average molecular weight is 357 g/mol. The zero-order valence-corrected chi connectivity index (χ0v) is 14.8. The summed E-state index contributed by atoms with van der Waals surface area (Å²) in [6.45, 7) is 7.45. The van der Waals surface area contributed by atoms with Crippen LogP contribution in [0.5, 0.6) is 0 Å². The maximum atomic E-state index is 6.23. The fourth-order valence-corrected chi connectivity index (χ4v) is 3.77. The number of aryl methyl sites for hydroxylation is 2. The first-order valence-electron chi connectivity index (χ1n) is 7.57. The van der Waals surface area contributed by atoms with Crippen molar-refractivity contribution in [1.29, 1.82) is 0 Å². The Hall–Kier alpha value is -1.74. The molecule has 0 fully saturated rings. The van der Waals surface area contributed by atoms with E-state index in [-0.39, 0.29) is 6.04 Å². The van der Waals surface area contributed by atoms with E-state index in [1.807, 2.05) is 6.07 Å². The molecule has 3 heteroatoms. The van der Waals surface area contributed by atoms with Gasteiger partial charge in [-0.3, -0.25) is 0 Å². The Balaban J connectivity index is 2.09. The zero-order chi connectivity index (χ0) is 15.9. The Kier molecular flexibility index (Phi) is 4.00. The van der Waals surface area contributed by atoms with E-state index in [1.165, 1.54) is 22.4 Å². The molecule has 0 aliphatic carbocycles. The SMILES string of the molecule is Cc1cccc(C)c1CN1c2c(Br)cccc2C(N)=CC1C. The third-order valence-corrected chi connectivity index (χ3v) is 5.11. The minimum absolute atomic E-state index is 0.269. The number of rotatable bonds is 2. The first kappa shape index (κ1) is 15.2. The van der Waals surface area contributed by atoms with Crippen LogP contribution in [0.15, 0.2) is 46.9 Å². The topological polar surface area (TPSA) is 29.3 Å². The van der Waals surface area contributed by atoms with Gasteiger partial charge in [-0.1, -0.05) is 30.3 Å².